The second-order valence-corrected chi connectivity index (χ2v) is 5.93. The highest BCUT2D eigenvalue weighted by Crippen LogP contribution is 2.17. The van der Waals surface area contributed by atoms with Gasteiger partial charge in [-0.05, 0) is 31.2 Å². The number of carbonyl (C=O) groups is 1. The topological polar surface area (TPSA) is 46.9 Å². The van der Waals surface area contributed by atoms with E-state index in [-0.39, 0.29) is 5.91 Å². The van der Waals surface area contributed by atoms with E-state index >= 15 is 0 Å². The van der Waals surface area contributed by atoms with Crippen molar-refractivity contribution in [3.05, 3.63) is 78.1 Å². The fourth-order valence-corrected chi connectivity index (χ4v) is 2.74. The van der Waals surface area contributed by atoms with Crippen LogP contribution in [0.1, 0.15) is 23.1 Å². The Morgan fingerprint density at radius 1 is 1.12 bits per heavy atom. The molecule has 0 bridgehead atoms. The van der Waals surface area contributed by atoms with Crippen molar-refractivity contribution in [2.24, 2.45) is 0 Å². The van der Waals surface area contributed by atoms with Gasteiger partial charge in [0.05, 0.1) is 11.0 Å². The molecule has 0 aliphatic heterocycles. The average molecular weight is 319 g/mol. The standard InChI is InChI=1S/C20H21N3O/c1-15(2)14-23-18-11-7-6-10-17(18)22-19(23)12-13-21-20(24)16-8-4-3-5-9-16/h3-11H,1,12-14H2,2H3,(H,21,24). The molecule has 24 heavy (non-hydrogen) atoms. The van der Waals surface area contributed by atoms with Gasteiger partial charge in [-0.15, -0.1) is 0 Å². The predicted octanol–water partition coefficient (Wildman–Crippen LogP) is 3.58. The van der Waals surface area contributed by atoms with Crippen LogP contribution >= 0.6 is 0 Å². The van der Waals surface area contributed by atoms with Crippen LogP contribution in [-0.2, 0) is 13.0 Å². The van der Waals surface area contributed by atoms with E-state index < -0.39 is 0 Å². The molecule has 3 aromatic rings. The van der Waals surface area contributed by atoms with Gasteiger partial charge in [0.15, 0.2) is 0 Å². The molecule has 0 aliphatic carbocycles. The van der Waals surface area contributed by atoms with Crippen molar-refractivity contribution in [2.45, 2.75) is 19.9 Å². The van der Waals surface area contributed by atoms with E-state index in [1.165, 1.54) is 0 Å². The third-order valence-electron chi connectivity index (χ3n) is 3.83. The molecule has 2 aromatic carbocycles. The van der Waals surface area contributed by atoms with Crippen LogP contribution in [0.25, 0.3) is 11.0 Å². The largest absolute Gasteiger partial charge is 0.352 e. The summed E-state index contributed by atoms with van der Waals surface area (Å²) in [5.74, 6) is 0.908. The highest BCUT2D eigenvalue weighted by molar-refractivity contribution is 5.94. The smallest absolute Gasteiger partial charge is 0.251 e. The summed E-state index contributed by atoms with van der Waals surface area (Å²) in [6, 6.07) is 17.3. The Morgan fingerprint density at radius 3 is 2.58 bits per heavy atom. The quantitative estimate of drug-likeness (QED) is 0.706. The number of para-hydroxylation sites is 2. The van der Waals surface area contributed by atoms with E-state index in [1.807, 2.05) is 55.5 Å². The van der Waals surface area contributed by atoms with Crippen LogP contribution in [-0.4, -0.2) is 22.0 Å². The van der Waals surface area contributed by atoms with E-state index in [0.29, 0.717) is 18.5 Å². The first-order chi connectivity index (χ1) is 11.6. The molecule has 0 atom stereocenters. The maximum Gasteiger partial charge on any atom is 0.251 e. The van der Waals surface area contributed by atoms with E-state index in [0.717, 1.165) is 29.0 Å². The molecule has 122 valence electrons. The van der Waals surface area contributed by atoms with Crippen molar-refractivity contribution in [1.82, 2.24) is 14.9 Å². The Balaban J connectivity index is 1.73. The highest BCUT2D eigenvalue weighted by Gasteiger charge is 2.11. The summed E-state index contributed by atoms with van der Waals surface area (Å²) in [5, 5.41) is 2.96. The molecule has 1 amide bonds. The van der Waals surface area contributed by atoms with Gasteiger partial charge in [-0.25, -0.2) is 4.98 Å². The summed E-state index contributed by atoms with van der Waals surface area (Å²) in [6.45, 7) is 7.30. The predicted molar refractivity (Wildman–Crippen MR) is 97.0 cm³/mol. The van der Waals surface area contributed by atoms with Crippen molar-refractivity contribution in [3.63, 3.8) is 0 Å². The molecule has 3 rings (SSSR count). The number of rotatable bonds is 6. The van der Waals surface area contributed by atoms with Crippen molar-refractivity contribution < 1.29 is 4.79 Å². The number of amides is 1. The monoisotopic (exact) mass is 319 g/mol. The lowest BCUT2D eigenvalue weighted by Gasteiger charge is -2.10. The summed E-state index contributed by atoms with van der Waals surface area (Å²) >= 11 is 0. The van der Waals surface area contributed by atoms with Crippen molar-refractivity contribution in [3.8, 4) is 0 Å². The molecular formula is C20H21N3O. The number of allylic oxidation sites excluding steroid dienone is 1. The minimum Gasteiger partial charge on any atom is -0.352 e. The Morgan fingerprint density at radius 2 is 1.83 bits per heavy atom. The number of hydrogen-bond acceptors (Lipinski definition) is 2. The minimum atomic E-state index is -0.0573. The van der Waals surface area contributed by atoms with Gasteiger partial charge < -0.3 is 9.88 Å². The lowest BCUT2D eigenvalue weighted by molar-refractivity contribution is 0.0954. The van der Waals surface area contributed by atoms with Gasteiger partial charge in [-0.2, -0.15) is 0 Å². The van der Waals surface area contributed by atoms with Crippen molar-refractivity contribution in [2.75, 3.05) is 6.54 Å². The zero-order chi connectivity index (χ0) is 16.9. The van der Waals surface area contributed by atoms with Gasteiger partial charge in [-0.1, -0.05) is 42.5 Å². The van der Waals surface area contributed by atoms with Crippen LogP contribution in [0.4, 0.5) is 0 Å². The average Bonchev–Trinajstić information content (AvgIpc) is 2.93. The molecule has 0 fully saturated rings. The van der Waals surface area contributed by atoms with Crippen LogP contribution in [0.3, 0.4) is 0 Å². The maximum atomic E-state index is 12.1. The van der Waals surface area contributed by atoms with Crippen molar-refractivity contribution >= 4 is 16.9 Å². The summed E-state index contributed by atoms with van der Waals surface area (Å²) in [6.07, 6.45) is 0.681. The van der Waals surface area contributed by atoms with Crippen LogP contribution in [0, 0.1) is 0 Å². The molecule has 1 aromatic heterocycles. The zero-order valence-corrected chi connectivity index (χ0v) is 13.8. The lowest BCUT2D eigenvalue weighted by Crippen LogP contribution is -2.26. The van der Waals surface area contributed by atoms with E-state index in [4.69, 9.17) is 4.98 Å². The highest BCUT2D eigenvalue weighted by atomic mass is 16.1. The second-order valence-electron chi connectivity index (χ2n) is 5.93. The molecular weight excluding hydrogens is 298 g/mol. The minimum absolute atomic E-state index is 0.0573. The molecule has 0 unspecified atom stereocenters. The van der Waals surface area contributed by atoms with Crippen LogP contribution < -0.4 is 5.32 Å². The maximum absolute atomic E-state index is 12.1. The van der Waals surface area contributed by atoms with Crippen LogP contribution in [0.5, 0.6) is 0 Å². The molecule has 0 spiro atoms. The fourth-order valence-electron chi connectivity index (χ4n) is 2.74. The molecule has 1 N–H and O–H groups in total. The number of hydrogen-bond donors (Lipinski definition) is 1. The van der Waals surface area contributed by atoms with E-state index in [9.17, 15) is 4.79 Å². The molecule has 4 heteroatoms. The number of nitrogens with one attached hydrogen (secondary N) is 1. The van der Waals surface area contributed by atoms with Gasteiger partial charge in [0.25, 0.3) is 5.91 Å². The molecule has 0 saturated carbocycles. The number of nitrogens with zero attached hydrogens (tertiary/aromatic N) is 2. The first-order valence-corrected chi connectivity index (χ1v) is 8.07. The molecule has 0 radical (unpaired) electrons. The second kappa shape index (κ2) is 7.13. The van der Waals surface area contributed by atoms with Crippen LogP contribution in [0.15, 0.2) is 66.7 Å². The van der Waals surface area contributed by atoms with E-state index in [1.54, 1.807) is 0 Å². The van der Waals surface area contributed by atoms with Crippen LogP contribution in [0.2, 0.25) is 0 Å². The van der Waals surface area contributed by atoms with Gasteiger partial charge in [0, 0.05) is 25.1 Å². The van der Waals surface area contributed by atoms with Crippen molar-refractivity contribution in [1.29, 1.82) is 0 Å². The van der Waals surface area contributed by atoms with Gasteiger partial charge in [0.2, 0.25) is 0 Å². The molecule has 1 heterocycles. The molecule has 0 saturated heterocycles. The first kappa shape index (κ1) is 16.0. The van der Waals surface area contributed by atoms with E-state index in [2.05, 4.69) is 22.5 Å². The normalized spacial score (nSPS) is 10.7. The lowest BCUT2D eigenvalue weighted by atomic mass is 10.2. The SMILES string of the molecule is C=C(C)Cn1c(CCNC(=O)c2ccccc2)nc2ccccc21. The molecule has 0 aliphatic rings. The number of benzene rings is 2. The first-order valence-electron chi connectivity index (χ1n) is 8.07. The number of fused-ring (bicyclic) bond motifs is 1. The van der Waals surface area contributed by atoms with Gasteiger partial charge >= 0.3 is 0 Å². The Hall–Kier alpha value is -2.88. The summed E-state index contributed by atoms with van der Waals surface area (Å²) in [7, 11) is 0. The Kier molecular flexibility index (Phi) is 4.75. The van der Waals surface area contributed by atoms with Gasteiger partial charge in [0.1, 0.15) is 5.82 Å². The summed E-state index contributed by atoms with van der Waals surface area (Å²) in [5.41, 5.74) is 3.83. The van der Waals surface area contributed by atoms with Gasteiger partial charge in [-0.3, -0.25) is 4.79 Å². The third kappa shape index (κ3) is 3.54. The molecule has 4 nitrogen and oxygen atoms in total. The Bertz CT molecular complexity index is 865. The number of carbonyl (C=O) groups excluding carboxylic acids is 1. The Labute approximate surface area is 141 Å². The fraction of sp³-hybridized carbons (Fsp3) is 0.200. The summed E-state index contributed by atoms with van der Waals surface area (Å²) in [4.78, 5) is 16.8. The third-order valence-corrected chi connectivity index (χ3v) is 3.83. The summed E-state index contributed by atoms with van der Waals surface area (Å²) < 4.78 is 2.17. The zero-order valence-electron chi connectivity index (χ0n) is 13.8. The number of imidazole rings is 1. The number of aromatic nitrogens is 2.